The summed E-state index contributed by atoms with van der Waals surface area (Å²) < 4.78 is 16.8. The van der Waals surface area contributed by atoms with Crippen LogP contribution in [-0.4, -0.2) is 37.2 Å². The molecule has 0 amide bonds. The molecular formula is C65H112O6. The fraction of sp³-hybridized carbons (Fsp3) is 0.738. The fourth-order valence-corrected chi connectivity index (χ4v) is 8.41. The number of rotatable bonds is 54. The standard InChI is InChI=1S/C65H112O6/c1-4-7-10-13-16-19-22-25-27-29-31-32-34-36-38-41-43-46-49-52-55-58-64(67)70-61-62(71-65(68)59-56-53-50-47-44-39-24-21-18-15-12-9-6-3)60-69-63(66)57-54-51-48-45-42-40-37-35-33-30-28-26-23-20-17-14-11-8-5-2/h8,11,17,20,25-28,33,35,40,42,48,51,62H,4-7,9-10,12-16,18-19,21-24,29-32,34,36-39,41,43-47,49-50,52-61H2,1-3H3/b11-8-,20-17-,27-25-,28-26-,35-33-,42-40-,51-48-/t62-/m1/s1. The van der Waals surface area contributed by atoms with E-state index in [-0.39, 0.29) is 37.5 Å². The van der Waals surface area contributed by atoms with Crippen molar-refractivity contribution in [1.29, 1.82) is 0 Å². The summed E-state index contributed by atoms with van der Waals surface area (Å²) >= 11 is 0. The predicted molar refractivity (Wildman–Crippen MR) is 307 cm³/mol. The molecule has 0 spiro atoms. The third-order valence-electron chi connectivity index (χ3n) is 12.9. The first kappa shape index (κ1) is 67.6. The van der Waals surface area contributed by atoms with Gasteiger partial charge in [-0.05, 0) is 83.5 Å². The van der Waals surface area contributed by atoms with Crippen molar-refractivity contribution in [2.24, 2.45) is 0 Å². The van der Waals surface area contributed by atoms with Gasteiger partial charge < -0.3 is 14.2 Å². The number of unbranched alkanes of at least 4 members (excludes halogenated alkanes) is 29. The summed E-state index contributed by atoms with van der Waals surface area (Å²) in [4.78, 5) is 38.2. The molecule has 0 bridgehead atoms. The molecule has 0 saturated heterocycles. The minimum absolute atomic E-state index is 0.0977. The van der Waals surface area contributed by atoms with Crippen LogP contribution >= 0.6 is 0 Å². The molecule has 0 rings (SSSR count). The Balaban J connectivity index is 4.41. The molecule has 0 aromatic carbocycles. The highest BCUT2D eigenvalue weighted by molar-refractivity contribution is 5.71. The van der Waals surface area contributed by atoms with Crippen molar-refractivity contribution in [3.05, 3.63) is 85.1 Å². The van der Waals surface area contributed by atoms with Gasteiger partial charge in [0.15, 0.2) is 6.10 Å². The van der Waals surface area contributed by atoms with Crippen molar-refractivity contribution < 1.29 is 28.6 Å². The predicted octanol–water partition coefficient (Wildman–Crippen LogP) is 20.3. The van der Waals surface area contributed by atoms with E-state index in [1.165, 1.54) is 167 Å². The van der Waals surface area contributed by atoms with Gasteiger partial charge in [0.25, 0.3) is 0 Å². The Bertz CT molecular complexity index is 1370. The van der Waals surface area contributed by atoms with Crippen molar-refractivity contribution in [3.63, 3.8) is 0 Å². The molecule has 1 atom stereocenters. The van der Waals surface area contributed by atoms with Crippen molar-refractivity contribution in [3.8, 4) is 0 Å². The zero-order valence-electron chi connectivity index (χ0n) is 46.7. The van der Waals surface area contributed by atoms with Crippen LogP contribution in [0, 0.1) is 0 Å². The average Bonchev–Trinajstić information content (AvgIpc) is 3.37. The molecule has 0 heterocycles. The normalized spacial score (nSPS) is 12.7. The molecule has 6 nitrogen and oxygen atoms in total. The molecule has 0 saturated carbocycles. The van der Waals surface area contributed by atoms with Crippen molar-refractivity contribution in [1.82, 2.24) is 0 Å². The van der Waals surface area contributed by atoms with E-state index in [4.69, 9.17) is 14.2 Å². The summed E-state index contributed by atoms with van der Waals surface area (Å²) in [6.07, 6.45) is 77.3. The molecule has 6 heteroatoms. The number of hydrogen-bond donors (Lipinski definition) is 0. The maximum atomic E-state index is 12.8. The lowest BCUT2D eigenvalue weighted by atomic mass is 10.0. The number of hydrogen-bond acceptors (Lipinski definition) is 6. The molecular weight excluding hydrogens is 877 g/mol. The van der Waals surface area contributed by atoms with Crippen LogP contribution in [0.25, 0.3) is 0 Å². The molecule has 0 unspecified atom stereocenters. The Hall–Kier alpha value is -3.41. The van der Waals surface area contributed by atoms with Crippen LogP contribution < -0.4 is 0 Å². The van der Waals surface area contributed by atoms with E-state index in [9.17, 15) is 14.4 Å². The van der Waals surface area contributed by atoms with Crippen LogP contribution in [0.3, 0.4) is 0 Å². The molecule has 0 aromatic rings. The molecule has 0 aliphatic rings. The Labute approximate surface area is 439 Å². The molecule has 408 valence electrons. The monoisotopic (exact) mass is 989 g/mol. The van der Waals surface area contributed by atoms with Crippen LogP contribution in [0.1, 0.15) is 290 Å². The summed E-state index contributed by atoms with van der Waals surface area (Å²) in [6.45, 7) is 6.48. The zero-order valence-corrected chi connectivity index (χ0v) is 46.7. The third kappa shape index (κ3) is 57.4. The quantitative estimate of drug-likeness (QED) is 0.0261. The molecule has 71 heavy (non-hydrogen) atoms. The van der Waals surface area contributed by atoms with Crippen LogP contribution in [0.4, 0.5) is 0 Å². The Morgan fingerprint density at radius 1 is 0.296 bits per heavy atom. The summed E-state index contributed by atoms with van der Waals surface area (Å²) in [5.74, 6) is -0.977. The van der Waals surface area contributed by atoms with Crippen molar-refractivity contribution >= 4 is 17.9 Å². The maximum absolute atomic E-state index is 12.8. The average molecular weight is 990 g/mol. The van der Waals surface area contributed by atoms with Crippen molar-refractivity contribution in [2.75, 3.05) is 13.2 Å². The SMILES string of the molecule is CC/C=C\C/C=C\C/C=C\C/C=C\C/C=C\C/C=C\CCC(=O)OC[C@H](COC(=O)CCCCCCCCCCCCC/C=C\CCCCCCCC)OC(=O)CCCCCCCCCCCCCCC. The zero-order chi connectivity index (χ0) is 51.4. The smallest absolute Gasteiger partial charge is 0.306 e. The summed E-state index contributed by atoms with van der Waals surface area (Å²) in [7, 11) is 0. The molecule has 0 radical (unpaired) electrons. The van der Waals surface area contributed by atoms with Gasteiger partial charge in [-0.25, -0.2) is 0 Å². The minimum atomic E-state index is -0.806. The molecule has 0 fully saturated rings. The van der Waals surface area contributed by atoms with Gasteiger partial charge in [0.1, 0.15) is 13.2 Å². The molecule has 0 aliphatic heterocycles. The van der Waals surface area contributed by atoms with E-state index in [1.807, 2.05) is 6.08 Å². The van der Waals surface area contributed by atoms with Crippen molar-refractivity contribution in [2.45, 2.75) is 297 Å². The minimum Gasteiger partial charge on any atom is -0.462 e. The van der Waals surface area contributed by atoms with E-state index in [1.54, 1.807) is 0 Å². The summed E-state index contributed by atoms with van der Waals surface area (Å²) in [5, 5.41) is 0. The maximum Gasteiger partial charge on any atom is 0.306 e. The van der Waals surface area contributed by atoms with Crippen LogP contribution in [0.5, 0.6) is 0 Å². The fourth-order valence-electron chi connectivity index (χ4n) is 8.41. The second-order valence-corrected chi connectivity index (χ2v) is 19.9. The molecule has 0 N–H and O–H groups in total. The second-order valence-electron chi connectivity index (χ2n) is 19.9. The first-order chi connectivity index (χ1) is 35.0. The second kappa shape index (κ2) is 59.2. The van der Waals surface area contributed by atoms with Gasteiger partial charge >= 0.3 is 17.9 Å². The molecule has 0 aromatic heterocycles. The van der Waals surface area contributed by atoms with Gasteiger partial charge in [-0.1, -0.05) is 273 Å². The van der Waals surface area contributed by atoms with Gasteiger partial charge in [0.05, 0.1) is 0 Å². The first-order valence-electron chi connectivity index (χ1n) is 30.1. The number of ether oxygens (including phenoxy) is 3. The highest BCUT2D eigenvalue weighted by atomic mass is 16.6. The van der Waals surface area contributed by atoms with E-state index < -0.39 is 6.10 Å². The third-order valence-corrected chi connectivity index (χ3v) is 12.9. The largest absolute Gasteiger partial charge is 0.462 e. The van der Waals surface area contributed by atoms with E-state index in [0.717, 1.165) is 77.0 Å². The van der Waals surface area contributed by atoms with E-state index in [0.29, 0.717) is 19.3 Å². The van der Waals surface area contributed by atoms with Gasteiger partial charge in [-0.3, -0.25) is 14.4 Å². The number of allylic oxidation sites excluding steroid dienone is 14. The van der Waals surface area contributed by atoms with Gasteiger partial charge in [0, 0.05) is 19.3 Å². The Kier molecular flexibility index (Phi) is 56.3. The highest BCUT2D eigenvalue weighted by Gasteiger charge is 2.19. The highest BCUT2D eigenvalue weighted by Crippen LogP contribution is 2.16. The lowest BCUT2D eigenvalue weighted by Gasteiger charge is -2.18. The number of carbonyl (C=O) groups excluding carboxylic acids is 3. The van der Waals surface area contributed by atoms with Crippen LogP contribution in [0.15, 0.2) is 85.1 Å². The van der Waals surface area contributed by atoms with Crippen LogP contribution in [-0.2, 0) is 28.6 Å². The first-order valence-corrected chi connectivity index (χ1v) is 30.1. The summed E-state index contributed by atoms with van der Waals surface area (Å²) in [5.41, 5.74) is 0. The number of esters is 3. The van der Waals surface area contributed by atoms with Gasteiger partial charge in [0.2, 0.25) is 0 Å². The Morgan fingerprint density at radius 3 is 0.944 bits per heavy atom. The lowest BCUT2D eigenvalue weighted by molar-refractivity contribution is -0.166. The van der Waals surface area contributed by atoms with Crippen LogP contribution in [0.2, 0.25) is 0 Å². The van der Waals surface area contributed by atoms with E-state index >= 15 is 0 Å². The Morgan fingerprint density at radius 2 is 0.577 bits per heavy atom. The number of carbonyl (C=O) groups is 3. The lowest BCUT2D eigenvalue weighted by Crippen LogP contribution is -2.30. The topological polar surface area (TPSA) is 78.9 Å². The van der Waals surface area contributed by atoms with E-state index in [2.05, 4.69) is 99.8 Å². The summed E-state index contributed by atoms with van der Waals surface area (Å²) in [6, 6.07) is 0. The van der Waals surface area contributed by atoms with Gasteiger partial charge in [-0.15, -0.1) is 0 Å². The van der Waals surface area contributed by atoms with Gasteiger partial charge in [-0.2, -0.15) is 0 Å². The molecule has 0 aliphatic carbocycles.